The van der Waals surface area contributed by atoms with Gasteiger partial charge in [0.1, 0.15) is 5.75 Å². The smallest absolute Gasteiger partial charge is 0.314 e. The summed E-state index contributed by atoms with van der Waals surface area (Å²) in [5.41, 5.74) is 1.43. The van der Waals surface area contributed by atoms with Crippen LogP contribution in [-0.4, -0.2) is 21.2 Å². The van der Waals surface area contributed by atoms with Gasteiger partial charge in [0.2, 0.25) is 0 Å². The highest BCUT2D eigenvalue weighted by Crippen LogP contribution is 2.45. The number of phenolic OH excluding ortho intramolecular Hbond substituents is 1. The summed E-state index contributed by atoms with van der Waals surface area (Å²) in [6.45, 7) is 1.91. The fraction of sp³-hybridized carbons (Fsp3) is 0.438. The van der Waals surface area contributed by atoms with E-state index < -0.39 is 11.4 Å². The number of aromatic nitrogens is 1. The molecule has 1 aliphatic rings. The monoisotopic (exact) mass is 273 g/mol. The number of benzene rings is 1. The van der Waals surface area contributed by atoms with Crippen LogP contribution in [0.3, 0.4) is 0 Å². The van der Waals surface area contributed by atoms with Crippen molar-refractivity contribution in [3.63, 3.8) is 0 Å². The Morgan fingerprint density at radius 3 is 2.60 bits per heavy atom. The van der Waals surface area contributed by atoms with Crippen molar-refractivity contribution in [1.29, 1.82) is 0 Å². The average molecular weight is 273 g/mol. The van der Waals surface area contributed by atoms with Crippen LogP contribution in [0.25, 0.3) is 10.9 Å². The van der Waals surface area contributed by atoms with E-state index >= 15 is 0 Å². The summed E-state index contributed by atoms with van der Waals surface area (Å²) in [6.07, 6.45) is 5.91. The zero-order chi connectivity index (χ0) is 14.3. The number of H-pyrrole nitrogens is 1. The van der Waals surface area contributed by atoms with Gasteiger partial charge < -0.3 is 15.2 Å². The minimum Gasteiger partial charge on any atom is -0.507 e. The molecule has 1 aromatic heterocycles. The van der Waals surface area contributed by atoms with E-state index in [4.69, 9.17) is 0 Å². The molecule has 1 aromatic carbocycles. The molecule has 3 N–H and O–H groups in total. The van der Waals surface area contributed by atoms with Gasteiger partial charge in [0.25, 0.3) is 0 Å². The highest BCUT2D eigenvalue weighted by atomic mass is 16.4. The van der Waals surface area contributed by atoms with Gasteiger partial charge in [0, 0.05) is 22.7 Å². The molecule has 0 unspecified atom stereocenters. The Balaban J connectivity index is 2.23. The molecule has 0 amide bonds. The molecule has 2 aromatic rings. The molecule has 0 aliphatic heterocycles. The number of carboxylic acids is 1. The van der Waals surface area contributed by atoms with Crippen molar-refractivity contribution < 1.29 is 15.0 Å². The molecule has 3 rings (SSSR count). The lowest BCUT2D eigenvalue weighted by atomic mass is 9.69. The molecule has 1 aliphatic carbocycles. The lowest BCUT2D eigenvalue weighted by molar-refractivity contribution is -0.145. The van der Waals surface area contributed by atoms with E-state index in [1.165, 1.54) is 0 Å². The predicted molar refractivity (Wildman–Crippen MR) is 77.1 cm³/mol. The van der Waals surface area contributed by atoms with Crippen LogP contribution in [0.1, 0.15) is 43.2 Å². The molecule has 0 atom stereocenters. The molecular formula is C16H19NO3. The Labute approximate surface area is 117 Å². The molecule has 106 valence electrons. The molecule has 4 heteroatoms. The summed E-state index contributed by atoms with van der Waals surface area (Å²) in [6, 6.07) is 3.64. The number of nitrogens with one attached hydrogen (secondary N) is 1. The minimum atomic E-state index is -0.930. The van der Waals surface area contributed by atoms with E-state index in [1.54, 1.807) is 6.07 Å². The van der Waals surface area contributed by atoms with E-state index in [2.05, 4.69) is 4.98 Å². The maximum absolute atomic E-state index is 11.9. The van der Waals surface area contributed by atoms with Crippen molar-refractivity contribution >= 4 is 16.9 Å². The molecule has 4 nitrogen and oxygen atoms in total. The largest absolute Gasteiger partial charge is 0.507 e. The molecule has 20 heavy (non-hydrogen) atoms. The van der Waals surface area contributed by atoms with Gasteiger partial charge in [-0.15, -0.1) is 0 Å². The normalized spacial score (nSPS) is 18.2. The van der Waals surface area contributed by atoms with Crippen LogP contribution in [0.15, 0.2) is 18.3 Å². The van der Waals surface area contributed by atoms with Crippen LogP contribution in [0.4, 0.5) is 0 Å². The molecule has 0 bridgehead atoms. The van der Waals surface area contributed by atoms with E-state index in [1.807, 2.05) is 19.2 Å². The lowest BCUT2D eigenvalue weighted by Gasteiger charge is -2.34. The lowest BCUT2D eigenvalue weighted by Crippen LogP contribution is -2.37. The van der Waals surface area contributed by atoms with Gasteiger partial charge in [0.15, 0.2) is 0 Å². The van der Waals surface area contributed by atoms with Crippen LogP contribution in [0.5, 0.6) is 5.75 Å². The van der Waals surface area contributed by atoms with Gasteiger partial charge in [0.05, 0.1) is 5.41 Å². The standard InChI is InChI=1S/C16H19NO3/c1-10-9-17-12-6-5-11(14(18)13(10)12)16(15(19)20)7-3-2-4-8-16/h5-6,9,17-18H,2-4,7-8H2,1H3,(H,19,20). The maximum Gasteiger partial charge on any atom is 0.314 e. The third-order valence-corrected chi connectivity index (χ3v) is 4.65. The molecule has 1 heterocycles. The van der Waals surface area contributed by atoms with Gasteiger partial charge in [-0.2, -0.15) is 0 Å². The molecule has 0 saturated heterocycles. The number of aromatic hydroxyl groups is 1. The van der Waals surface area contributed by atoms with Crippen LogP contribution >= 0.6 is 0 Å². The van der Waals surface area contributed by atoms with Gasteiger partial charge in [-0.1, -0.05) is 25.3 Å². The number of fused-ring (bicyclic) bond motifs is 1. The predicted octanol–water partition coefficient (Wildman–Crippen LogP) is 3.47. The quantitative estimate of drug-likeness (QED) is 0.784. The van der Waals surface area contributed by atoms with Crippen molar-refractivity contribution in [2.45, 2.75) is 44.4 Å². The van der Waals surface area contributed by atoms with Crippen LogP contribution in [0.2, 0.25) is 0 Å². The SMILES string of the molecule is Cc1c[nH]c2ccc(C3(C(=O)O)CCCCC3)c(O)c12. The fourth-order valence-electron chi connectivity index (χ4n) is 3.51. The number of aromatic amines is 1. The Hall–Kier alpha value is -1.97. The van der Waals surface area contributed by atoms with Gasteiger partial charge >= 0.3 is 5.97 Å². The molecule has 0 spiro atoms. The summed E-state index contributed by atoms with van der Waals surface area (Å²) in [5.74, 6) is -0.689. The Bertz CT molecular complexity index is 666. The van der Waals surface area contributed by atoms with Crippen LogP contribution < -0.4 is 0 Å². The summed E-state index contributed by atoms with van der Waals surface area (Å²) in [4.78, 5) is 15.0. The first-order valence-electron chi connectivity index (χ1n) is 7.10. The average Bonchev–Trinajstić information content (AvgIpc) is 2.82. The van der Waals surface area contributed by atoms with Crippen molar-refractivity contribution in [1.82, 2.24) is 4.98 Å². The van der Waals surface area contributed by atoms with Gasteiger partial charge in [-0.05, 0) is 31.4 Å². The number of carboxylic acid groups (broad SMARTS) is 1. The number of hydrogen-bond donors (Lipinski definition) is 3. The summed E-state index contributed by atoms with van der Waals surface area (Å²) < 4.78 is 0. The third kappa shape index (κ3) is 1.71. The van der Waals surface area contributed by atoms with Gasteiger partial charge in [-0.3, -0.25) is 4.79 Å². The van der Waals surface area contributed by atoms with E-state index in [0.717, 1.165) is 35.7 Å². The topological polar surface area (TPSA) is 73.3 Å². The Morgan fingerprint density at radius 1 is 1.25 bits per heavy atom. The fourth-order valence-corrected chi connectivity index (χ4v) is 3.51. The second-order valence-electron chi connectivity index (χ2n) is 5.80. The van der Waals surface area contributed by atoms with Crippen molar-refractivity contribution in [2.24, 2.45) is 0 Å². The zero-order valence-electron chi connectivity index (χ0n) is 11.6. The second kappa shape index (κ2) is 4.54. The first kappa shape index (κ1) is 13.0. The number of phenols is 1. The van der Waals surface area contributed by atoms with Crippen LogP contribution in [-0.2, 0) is 10.2 Å². The summed E-state index contributed by atoms with van der Waals surface area (Å²) in [5, 5.41) is 21.1. The number of hydrogen-bond acceptors (Lipinski definition) is 2. The van der Waals surface area contributed by atoms with E-state index in [9.17, 15) is 15.0 Å². The van der Waals surface area contributed by atoms with Crippen LogP contribution in [0, 0.1) is 6.92 Å². The second-order valence-corrected chi connectivity index (χ2v) is 5.80. The van der Waals surface area contributed by atoms with E-state index in [0.29, 0.717) is 18.4 Å². The Kier molecular flexibility index (Phi) is 2.96. The number of carbonyl (C=O) groups is 1. The maximum atomic E-state index is 11.9. The van der Waals surface area contributed by atoms with Crippen molar-refractivity contribution in [2.75, 3.05) is 0 Å². The number of rotatable bonds is 2. The number of aryl methyl sites for hydroxylation is 1. The van der Waals surface area contributed by atoms with Crippen molar-refractivity contribution in [3.8, 4) is 5.75 Å². The Morgan fingerprint density at radius 2 is 1.95 bits per heavy atom. The van der Waals surface area contributed by atoms with Gasteiger partial charge in [-0.25, -0.2) is 0 Å². The summed E-state index contributed by atoms with van der Waals surface area (Å²) in [7, 11) is 0. The van der Waals surface area contributed by atoms with Crippen molar-refractivity contribution in [3.05, 3.63) is 29.5 Å². The molecule has 1 fully saturated rings. The third-order valence-electron chi connectivity index (χ3n) is 4.65. The molecule has 1 saturated carbocycles. The highest BCUT2D eigenvalue weighted by molar-refractivity contribution is 5.93. The zero-order valence-corrected chi connectivity index (χ0v) is 11.6. The first-order valence-corrected chi connectivity index (χ1v) is 7.10. The molecular weight excluding hydrogens is 254 g/mol. The highest BCUT2D eigenvalue weighted by Gasteiger charge is 2.43. The summed E-state index contributed by atoms with van der Waals surface area (Å²) >= 11 is 0. The number of aliphatic carboxylic acids is 1. The minimum absolute atomic E-state index is 0.130. The first-order chi connectivity index (χ1) is 9.56. The van der Waals surface area contributed by atoms with E-state index in [-0.39, 0.29) is 5.75 Å². The molecule has 0 radical (unpaired) electrons.